The van der Waals surface area contributed by atoms with Crippen molar-refractivity contribution in [3.8, 4) is 23.0 Å². The lowest BCUT2D eigenvalue weighted by Crippen LogP contribution is -2.08. The van der Waals surface area contributed by atoms with Gasteiger partial charge in [-0.2, -0.15) is 4.98 Å². The molecular formula is C20H12N2O5. The minimum atomic E-state index is -0.526. The van der Waals surface area contributed by atoms with Crippen LogP contribution >= 0.6 is 0 Å². The number of carbonyl (C=O) groups is 1. The van der Waals surface area contributed by atoms with Gasteiger partial charge in [0.2, 0.25) is 5.89 Å². The first-order chi connectivity index (χ1) is 13.1. The number of hydrogen-bond donors (Lipinski definition) is 1. The lowest BCUT2D eigenvalue weighted by atomic mass is 10.2. The van der Waals surface area contributed by atoms with E-state index >= 15 is 0 Å². The van der Waals surface area contributed by atoms with Crippen LogP contribution in [0, 0.1) is 0 Å². The normalized spacial score (nSPS) is 10.7. The van der Waals surface area contributed by atoms with Crippen LogP contribution in [0.5, 0.6) is 11.5 Å². The minimum Gasteiger partial charge on any atom is -0.508 e. The predicted octanol–water partition coefficient (Wildman–Crippen LogP) is 3.17. The lowest BCUT2D eigenvalue weighted by molar-refractivity contribution is 0.0734. The van der Waals surface area contributed by atoms with Gasteiger partial charge in [0.15, 0.2) is 0 Å². The summed E-state index contributed by atoms with van der Waals surface area (Å²) in [4.78, 5) is 32.0. The first-order valence-corrected chi connectivity index (χ1v) is 7.97. The van der Waals surface area contributed by atoms with Crippen molar-refractivity contribution in [2.75, 3.05) is 0 Å². The van der Waals surface area contributed by atoms with Crippen molar-refractivity contribution in [2.24, 2.45) is 0 Å². The number of phenols is 1. The van der Waals surface area contributed by atoms with Crippen LogP contribution < -0.4 is 10.3 Å². The molecule has 0 radical (unpaired) electrons. The van der Waals surface area contributed by atoms with E-state index in [2.05, 4.69) is 9.97 Å². The minimum absolute atomic E-state index is 0.0135. The van der Waals surface area contributed by atoms with Gasteiger partial charge in [-0.1, -0.05) is 0 Å². The fraction of sp³-hybridized carbons (Fsp3) is 0. The smallest absolute Gasteiger partial charge is 0.345 e. The van der Waals surface area contributed by atoms with E-state index in [4.69, 9.17) is 9.15 Å². The van der Waals surface area contributed by atoms with E-state index in [9.17, 15) is 14.7 Å². The Morgan fingerprint density at radius 1 is 1.07 bits per heavy atom. The monoisotopic (exact) mass is 360 g/mol. The van der Waals surface area contributed by atoms with E-state index in [0.717, 1.165) is 0 Å². The summed E-state index contributed by atoms with van der Waals surface area (Å²) < 4.78 is 10.9. The highest BCUT2D eigenvalue weighted by Gasteiger charge is 2.11. The average Bonchev–Trinajstić information content (AvgIpc) is 2.69. The predicted molar refractivity (Wildman–Crippen MR) is 96.6 cm³/mol. The molecule has 2 aromatic carbocycles. The number of hydrogen-bond acceptors (Lipinski definition) is 7. The zero-order valence-electron chi connectivity index (χ0n) is 13.8. The van der Waals surface area contributed by atoms with Gasteiger partial charge in [-0.05, 0) is 48.5 Å². The summed E-state index contributed by atoms with van der Waals surface area (Å²) in [7, 11) is 0. The van der Waals surface area contributed by atoms with E-state index in [0.29, 0.717) is 16.9 Å². The highest BCUT2D eigenvalue weighted by molar-refractivity contribution is 5.90. The number of phenolic OH excluding ortho intramolecular Hbond substituents is 1. The van der Waals surface area contributed by atoms with Crippen LogP contribution in [0.4, 0.5) is 0 Å². The van der Waals surface area contributed by atoms with Crippen LogP contribution in [-0.2, 0) is 0 Å². The molecule has 0 atom stereocenters. The molecule has 7 heteroatoms. The Hall–Kier alpha value is -4.00. The van der Waals surface area contributed by atoms with Crippen LogP contribution in [0.3, 0.4) is 0 Å². The Balaban J connectivity index is 1.62. The second-order valence-corrected chi connectivity index (χ2v) is 5.66. The SMILES string of the molecule is O=C(Oc1ccc(-c2nc(=O)c3ccc(O)cc3o2)cc1)c1cccnc1. The Morgan fingerprint density at radius 3 is 2.63 bits per heavy atom. The molecular weight excluding hydrogens is 348 g/mol. The average molecular weight is 360 g/mol. The first kappa shape index (κ1) is 16.5. The molecule has 0 aliphatic heterocycles. The molecule has 0 saturated carbocycles. The zero-order valence-corrected chi connectivity index (χ0v) is 13.8. The maximum Gasteiger partial charge on any atom is 0.345 e. The number of ether oxygens (including phenoxy) is 1. The van der Waals surface area contributed by atoms with Crippen LogP contribution in [-0.4, -0.2) is 21.0 Å². The van der Waals surface area contributed by atoms with E-state index in [1.165, 1.54) is 24.4 Å². The first-order valence-electron chi connectivity index (χ1n) is 7.97. The Morgan fingerprint density at radius 2 is 1.89 bits per heavy atom. The van der Waals surface area contributed by atoms with Crippen molar-refractivity contribution in [1.82, 2.24) is 9.97 Å². The summed E-state index contributed by atoms with van der Waals surface area (Å²) in [6.07, 6.45) is 2.98. The van der Waals surface area contributed by atoms with Crippen molar-refractivity contribution in [3.63, 3.8) is 0 Å². The van der Waals surface area contributed by atoms with Gasteiger partial charge < -0.3 is 14.3 Å². The van der Waals surface area contributed by atoms with Gasteiger partial charge >= 0.3 is 5.97 Å². The molecule has 7 nitrogen and oxygen atoms in total. The number of nitrogens with zero attached hydrogens (tertiary/aromatic N) is 2. The fourth-order valence-corrected chi connectivity index (χ4v) is 2.49. The molecule has 0 saturated heterocycles. The topological polar surface area (TPSA) is 103 Å². The summed E-state index contributed by atoms with van der Waals surface area (Å²) in [5, 5.41) is 9.84. The van der Waals surface area contributed by atoms with E-state index < -0.39 is 11.5 Å². The maximum absolute atomic E-state index is 12.1. The quantitative estimate of drug-likeness (QED) is 0.442. The zero-order chi connectivity index (χ0) is 18.8. The summed E-state index contributed by atoms with van der Waals surface area (Å²) in [5.74, 6) is -0.112. The van der Waals surface area contributed by atoms with E-state index in [-0.39, 0.29) is 22.6 Å². The van der Waals surface area contributed by atoms with Crippen LogP contribution in [0.1, 0.15) is 10.4 Å². The molecule has 27 heavy (non-hydrogen) atoms. The molecule has 0 aliphatic rings. The van der Waals surface area contributed by atoms with E-state index in [1.807, 2.05) is 0 Å². The summed E-state index contributed by atoms with van der Waals surface area (Å²) in [6.45, 7) is 0. The molecule has 2 aromatic heterocycles. The van der Waals surface area contributed by atoms with Gasteiger partial charge in [0.25, 0.3) is 5.56 Å². The maximum atomic E-state index is 12.1. The number of rotatable bonds is 3. The number of pyridine rings is 1. The van der Waals surface area contributed by atoms with Gasteiger partial charge in [-0.3, -0.25) is 9.78 Å². The summed E-state index contributed by atoms with van der Waals surface area (Å²) in [5.41, 5.74) is 0.637. The second-order valence-electron chi connectivity index (χ2n) is 5.66. The summed E-state index contributed by atoms with van der Waals surface area (Å²) in [6, 6.07) is 13.8. The third-order valence-electron chi connectivity index (χ3n) is 3.81. The Labute approximate surface area is 152 Å². The molecule has 0 amide bonds. The van der Waals surface area contributed by atoms with Crippen LogP contribution in [0.2, 0.25) is 0 Å². The largest absolute Gasteiger partial charge is 0.508 e. The van der Waals surface area contributed by atoms with Crippen LogP contribution in [0.15, 0.2) is 76.2 Å². The molecule has 0 bridgehead atoms. The molecule has 0 spiro atoms. The third kappa shape index (κ3) is 3.38. The second kappa shape index (κ2) is 6.72. The van der Waals surface area contributed by atoms with E-state index in [1.54, 1.807) is 42.6 Å². The van der Waals surface area contributed by atoms with Gasteiger partial charge in [0, 0.05) is 24.0 Å². The highest BCUT2D eigenvalue weighted by atomic mass is 16.5. The van der Waals surface area contributed by atoms with Crippen molar-refractivity contribution in [1.29, 1.82) is 0 Å². The number of aromatic hydroxyl groups is 1. The molecule has 0 fully saturated rings. The molecule has 4 rings (SSSR count). The highest BCUT2D eigenvalue weighted by Crippen LogP contribution is 2.24. The Kier molecular flexibility index (Phi) is 4.10. The van der Waals surface area contributed by atoms with Crippen molar-refractivity contribution < 1.29 is 19.1 Å². The number of esters is 1. The van der Waals surface area contributed by atoms with Crippen molar-refractivity contribution in [3.05, 3.63) is 82.9 Å². The van der Waals surface area contributed by atoms with Gasteiger partial charge in [-0.15, -0.1) is 0 Å². The fourth-order valence-electron chi connectivity index (χ4n) is 2.49. The van der Waals surface area contributed by atoms with Crippen LogP contribution in [0.25, 0.3) is 22.4 Å². The third-order valence-corrected chi connectivity index (χ3v) is 3.81. The number of carbonyl (C=O) groups excluding carboxylic acids is 1. The Bertz CT molecular complexity index is 1180. The lowest BCUT2D eigenvalue weighted by Gasteiger charge is -2.06. The molecule has 0 unspecified atom stereocenters. The number of aromatic nitrogens is 2. The van der Waals surface area contributed by atoms with Crippen molar-refractivity contribution in [2.45, 2.75) is 0 Å². The molecule has 1 N–H and O–H groups in total. The molecule has 4 aromatic rings. The molecule has 132 valence electrons. The van der Waals surface area contributed by atoms with Gasteiger partial charge in [0.1, 0.15) is 17.1 Å². The number of benzene rings is 2. The summed E-state index contributed by atoms with van der Waals surface area (Å²) >= 11 is 0. The van der Waals surface area contributed by atoms with Gasteiger partial charge in [-0.25, -0.2) is 4.79 Å². The molecule has 0 aliphatic carbocycles. The molecule has 2 heterocycles. The number of fused-ring (bicyclic) bond motifs is 1. The standard InChI is InChI=1S/C20H12N2O5/c23-14-5-8-16-17(10-14)27-19(22-18(16)24)12-3-6-15(7-4-12)26-20(25)13-2-1-9-21-11-13/h1-11,23H. The van der Waals surface area contributed by atoms with Crippen molar-refractivity contribution >= 4 is 16.9 Å². The van der Waals surface area contributed by atoms with Gasteiger partial charge in [0.05, 0.1) is 10.9 Å².